The van der Waals surface area contributed by atoms with Gasteiger partial charge in [0.1, 0.15) is 11.6 Å². The lowest BCUT2D eigenvalue weighted by atomic mass is 9.98. The Morgan fingerprint density at radius 3 is 2.33 bits per heavy atom. The van der Waals surface area contributed by atoms with Gasteiger partial charge in [0.25, 0.3) is 0 Å². The number of hydrogen-bond donors (Lipinski definition) is 1. The van der Waals surface area contributed by atoms with Crippen LogP contribution in [0.1, 0.15) is 30.5 Å². The van der Waals surface area contributed by atoms with Crippen LogP contribution in [0.5, 0.6) is 0 Å². The van der Waals surface area contributed by atoms with Crippen molar-refractivity contribution in [3.63, 3.8) is 0 Å². The van der Waals surface area contributed by atoms with E-state index in [0.717, 1.165) is 18.5 Å². The highest BCUT2D eigenvalue weighted by atomic mass is 35.5. The van der Waals surface area contributed by atoms with E-state index < -0.39 is 11.6 Å². The SMILES string of the molecule is CCCNC(Cc1c(F)cccc1F)c1ccccc1Cl. The number of hydrogen-bond acceptors (Lipinski definition) is 1. The lowest BCUT2D eigenvalue weighted by molar-refractivity contribution is 0.490. The molecule has 0 bridgehead atoms. The maximum Gasteiger partial charge on any atom is 0.129 e. The summed E-state index contributed by atoms with van der Waals surface area (Å²) in [6, 6.07) is 11.1. The third-order valence-electron chi connectivity index (χ3n) is 3.39. The van der Waals surface area contributed by atoms with Gasteiger partial charge in [-0.25, -0.2) is 8.78 Å². The third-order valence-corrected chi connectivity index (χ3v) is 3.74. The van der Waals surface area contributed by atoms with Gasteiger partial charge in [-0.1, -0.05) is 42.8 Å². The summed E-state index contributed by atoms with van der Waals surface area (Å²) < 4.78 is 27.7. The van der Waals surface area contributed by atoms with Gasteiger partial charge in [-0.15, -0.1) is 0 Å². The Hall–Kier alpha value is -1.45. The Bertz CT molecular complexity index is 581. The van der Waals surface area contributed by atoms with Crippen LogP contribution in [0.25, 0.3) is 0 Å². The molecule has 1 unspecified atom stereocenters. The standard InChI is InChI=1S/C17H18ClF2N/c1-2-10-21-17(12-6-3-4-7-14(12)18)11-13-15(19)8-5-9-16(13)20/h3-9,17,21H,2,10-11H2,1H3. The lowest BCUT2D eigenvalue weighted by Crippen LogP contribution is -2.25. The average Bonchev–Trinajstić information content (AvgIpc) is 2.47. The maximum absolute atomic E-state index is 13.8. The van der Waals surface area contributed by atoms with Gasteiger partial charge in [0.2, 0.25) is 0 Å². The molecule has 0 fully saturated rings. The minimum Gasteiger partial charge on any atom is -0.310 e. The van der Waals surface area contributed by atoms with Crippen molar-refractivity contribution in [2.24, 2.45) is 0 Å². The second kappa shape index (κ2) is 7.53. The Morgan fingerprint density at radius 2 is 1.71 bits per heavy atom. The van der Waals surface area contributed by atoms with Gasteiger partial charge in [0.05, 0.1) is 0 Å². The highest BCUT2D eigenvalue weighted by Gasteiger charge is 2.18. The minimum absolute atomic E-state index is 0.0889. The maximum atomic E-state index is 13.8. The van der Waals surface area contributed by atoms with Crippen molar-refractivity contribution in [1.82, 2.24) is 5.32 Å². The smallest absolute Gasteiger partial charge is 0.129 e. The second-order valence-electron chi connectivity index (χ2n) is 4.93. The van der Waals surface area contributed by atoms with Crippen LogP contribution in [0.4, 0.5) is 8.78 Å². The minimum atomic E-state index is -0.523. The molecule has 1 atom stereocenters. The number of rotatable bonds is 6. The topological polar surface area (TPSA) is 12.0 Å². The fraction of sp³-hybridized carbons (Fsp3) is 0.294. The zero-order valence-corrected chi connectivity index (χ0v) is 12.6. The Balaban J connectivity index is 2.31. The fourth-order valence-corrected chi connectivity index (χ4v) is 2.57. The first kappa shape index (κ1) is 15.9. The van der Waals surface area contributed by atoms with E-state index >= 15 is 0 Å². The molecule has 0 spiro atoms. The highest BCUT2D eigenvalue weighted by Crippen LogP contribution is 2.27. The van der Waals surface area contributed by atoms with Gasteiger partial charge in [-0.2, -0.15) is 0 Å². The molecule has 112 valence electrons. The molecule has 2 rings (SSSR count). The summed E-state index contributed by atoms with van der Waals surface area (Å²) in [4.78, 5) is 0. The molecule has 0 aromatic heterocycles. The van der Waals surface area contributed by atoms with Crippen molar-refractivity contribution in [1.29, 1.82) is 0 Å². The molecule has 0 radical (unpaired) electrons. The molecule has 0 heterocycles. The molecule has 4 heteroatoms. The molecule has 0 aliphatic heterocycles. The quantitative estimate of drug-likeness (QED) is 0.800. The van der Waals surface area contributed by atoms with Crippen LogP contribution in [0.3, 0.4) is 0 Å². The summed E-state index contributed by atoms with van der Waals surface area (Å²) in [6.07, 6.45) is 1.16. The summed E-state index contributed by atoms with van der Waals surface area (Å²) in [6.45, 7) is 2.80. The van der Waals surface area contributed by atoms with E-state index in [9.17, 15) is 8.78 Å². The van der Waals surface area contributed by atoms with Crippen LogP contribution in [-0.4, -0.2) is 6.54 Å². The molecule has 21 heavy (non-hydrogen) atoms. The van der Waals surface area contributed by atoms with E-state index in [0.29, 0.717) is 5.02 Å². The number of benzene rings is 2. The molecule has 2 aromatic carbocycles. The third kappa shape index (κ3) is 4.02. The molecule has 0 saturated carbocycles. The van der Waals surface area contributed by atoms with Crippen molar-refractivity contribution in [3.8, 4) is 0 Å². The predicted molar refractivity (Wildman–Crippen MR) is 82.5 cm³/mol. The summed E-state index contributed by atoms with van der Waals surface area (Å²) in [7, 11) is 0. The Kier molecular flexibility index (Phi) is 5.71. The number of halogens is 3. The summed E-state index contributed by atoms with van der Waals surface area (Å²) >= 11 is 6.22. The fourth-order valence-electron chi connectivity index (χ4n) is 2.30. The van der Waals surface area contributed by atoms with E-state index in [1.165, 1.54) is 18.2 Å². The summed E-state index contributed by atoms with van der Waals surface area (Å²) in [5.74, 6) is -1.05. The molecule has 0 aliphatic carbocycles. The summed E-state index contributed by atoms with van der Waals surface area (Å²) in [5.41, 5.74) is 0.946. The van der Waals surface area contributed by atoms with Gasteiger partial charge in [-0.05, 0) is 43.1 Å². The van der Waals surface area contributed by atoms with Crippen molar-refractivity contribution < 1.29 is 8.78 Å². The molecule has 2 aromatic rings. The first-order valence-electron chi connectivity index (χ1n) is 7.04. The van der Waals surface area contributed by atoms with E-state index in [-0.39, 0.29) is 18.0 Å². The van der Waals surface area contributed by atoms with Crippen LogP contribution in [-0.2, 0) is 6.42 Å². The van der Waals surface area contributed by atoms with Gasteiger partial charge in [-0.3, -0.25) is 0 Å². The molecule has 0 aliphatic rings. The van der Waals surface area contributed by atoms with Crippen molar-refractivity contribution in [2.75, 3.05) is 6.54 Å². The molecule has 0 saturated heterocycles. The zero-order valence-electron chi connectivity index (χ0n) is 11.9. The summed E-state index contributed by atoms with van der Waals surface area (Å²) in [5, 5.41) is 3.91. The van der Waals surface area contributed by atoms with E-state index in [1.807, 2.05) is 25.1 Å². The van der Waals surface area contributed by atoms with Gasteiger partial charge in [0.15, 0.2) is 0 Å². The van der Waals surface area contributed by atoms with Gasteiger partial charge in [0, 0.05) is 16.6 Å². The van der Waals surface area contributed by atoms with Crippen molar-refractivity contribution >= 4 is 11.6 Å². The lowest BCUT2D eigenvalue weighted by Gasteiger charge is -2.21. The van der Waals surface area contributed by atoms with Crippen LogP contribution in [0, 0.1) is 11.6 Å². The van der Waals surface area contributed by atoms with Gasteiger partial charge < -0.3 is 5.32 Å². The Labute approximate surface area is 128 Å². The number of nitrogens with one attached hydrogen (secondary N) is 1. The second-order valence-corrected chi connectivity index (χ2v) is 5.34. The Morgan fingerprint density at radius 1 is 1.05 bits per heavy atom. The van der Waals surface area contributed by atoms with Crippen LogP contribution in [0.2, 0.25) is 5.02 Å². The molecular weight excluding hydrogens is 292 g/mol. The van der Waals surface area contributed by atoms with Crippen LogP contribution >= 0.6 is 11.6 Å². The molecule has 0 amide bonds. The van der Waals surface area contributed by atoms with E-state index in [1.54, 1.807) is 6.07 Å². The molecule has 1 nitrogen and oxygen atoms in total. The molecule has 1 N–H and O–H groups in total. The van der Waals surface area contributed by atoms with Crippen LogP contribution in [0.15, 0.2) is 42.5 Å². The normalized spacial score (nSPS) is 12.4. The molecular formula is C17H18ClF2N. The first-order valence-corrected chi connectivity index (χ1v) is 7.42. The largest absolute Gasteiger partial charge is 0.310 e. The van der Waals surface area contributed by atoms with E-state index in [4.69, 9.17) is 11.6 Å². The van der Waals surface area contributed by atoms with Crippen molar-refractivity contribution in [2.45, 2.75) is 25.8 Å². The van der Waals surface area contributed by atoms with E-state index in [2.05, 4.69) is 5.32 Å². The van der Waals surface area contributed by atoms with Crippen molar-refractivity contribution in [3.05, 3.63) is 70.2 Å². The predicted octanol–water partition coefficient (Wildman–Crippen LogP) is 4.90. The first-order chi connectivity index (χ1) is 10.1. The highest BCUT2D eigenvalue weighted by molar-refractivity contribution is 6.31. The average molecular weight is 310 g/mol. The monoisotopic (exact) mass is 309 g/mol. The van der Waals surface area contributed by atoms with Gasteiger partial charge >= 0.3 is 0 Å². The van der Waals surface area contributed by atoms with Crippen LogP contribution < -0.4 is 5.32 Å². The zero-order chi connectivity index (χ0) is 15.2.